The van der Waals surface area contributed by atoms with Gasteiger partial charge in [0.2, 0.25) is 0 Å². The van der Waals surface area contributed by atoms with Crippen molar-refractivity contribution in [2.24, 2.45) is 0 Å². The van der Waals surface area contributed by atoms with Crippen LogP contribution in [0, 0.1) is 5.82 Å². The van der Waals surface area contributed by atoms with Gasteiger partial charge in [0.05, 0.1) is 12.5 Å². The second-order valence-corrected chi connectivity index (χ2v) is 2.78. The molecule has 0 fully saturated rings. The van der Waals surface area contributed by atoms with Gasteiger partial charge in [0.15, 0.2) is 11.5 Å². The first-order valence-electron chi connectivity index (χ1n) is 3.98. The van der Waals surface area contributed by atoms with E-state index in [-0.39, 0.29) is 16.9 Å². The van der Waals surface area contributed by atoms with Crippen molar-refractivity contribution in [3.05, 3.63) is 32.7 Å². The Bertz CT molecular complexity index is 631. The number of aromatic amines is 2. The quantitative estimate of drug-likeness (QED) is 0.681. The van der Waals surface area contributed by atoms with Gasteiger partial charge in [-0.15, -0.1) is 0 Å². The van der Waals surface area contributed by atoms with Crippen molar-refractivity contribution in [3.63, 3.8) is 0 Å². The summed E-state index contributed by atoms with van der Waals surface area (Å²) >= 11 is 0. The molecule has 2 heterocycles. The van der Waals surface area contributed by atoms with Crippen LogP contribution in [0.5, 0.6) is 5.88 Å². The Morgan fingerprint density at radius 2 is 2.13 bits per heavy atom. The Balaban J connectivity index is 2.93. The number of rotatable bonds is 1. The highest BCUT2D eigenvalue weighted by atomic mass is 19.1. The van der Waals surface area contributed by atoms with Crippen molar-refractivity contribution in [2.75, 3.05) is 7.11 Å². The number of fused-ring (bicyclic) bond motifs is 1. The average Bonchev–Trinajstić information content (AvgIpc) is 2.18. The molecule has 15 heavy (non-hydrogen) atoms. The van der Waals surface area contributed by atoms with Gasteiger partial charge >= 0.3 is 5.69 Å². The van der Waals surface area contributed by atoms with Crippen LogP contribution in [0.2, 0.25) is 0 Å². The fraction of sp³-hybridized carbons (Fsp3) is 0.125. The van der Waals surface area contributed by atoms with Crippen LogP contribution < -0.4 is 16.0 Å². The fourth-order valence-corrected chi connectivity index (χ4v) is 1.19. The van der Waals surface area contributed by atoms with Gasteiger partial charge < -0.3 is 4.74 Å². The molecule has 2 aromatic heterocycles. The Kier molecular flexibility index (Phi) is 2.00. The molecule has 0 aliphatic carbocycles. The predicted octanol–water partition coefficient (Wildman–Crippen LogP) is -0.241. The van der Waals surface area contributed by atoms with E-state index in [0.29, 0.717) is 0 Å². The van der Waals surface area contributed by atoms with Gasteiger partial charge in [0, 0.05) is 0 Å². The molecule has 2 rings (SSSR count). The van der Waals surface area contributed by atoms with Gasteiger partial charge in [0.1, 0.15) is 0 Å². The minimum absolute atomic E-state index is 0.0120. The molecule has 0 radical (unpaired) electrons. The van der Waals surface area contributed by atoms with E-state index in [0.717, 1.165) is 6.07 Å². The minimum atomic E-state index is -0.762. The van der Waals surface area contributed by atoms with Gasteiger partial charge in [-0.1, -0.05) is 0 Å². The van der Waals surface area contributed by atoms with Crippen molar-refractivity contribution in [2.45, 2.75) is 0 Å². The number of halogens is 1. The zero-order chi connectivity index (χ0) is 11.0. The number of nitrogens with one attached hydrogen (secondary N) is 2. The molecule has 7 heteroatoms. The summed E-state index contributed by atoms with van der Waals surface area (Å²) in [5.74, 6) is -1.04. The van der Waals surface area contributed by atoms with Crippen molar-refractivity contribution >= 4 is 11.0 Å². The number of ether oxygens (including phenoxy) is 1. The standard InChI is InChI=1S/C8H6FN3O3/c1-15-7-4(9)2-3-5(10-7)11-8(14)12-6(3)13/h2H,1H3,(H2,10,11,12,13,14). The predicted molar refractivity (Wildman–Crippen MR) is 49.5 cm³/mol. The number of methoxy groups -OCH3 is 1. The Hall–Kier alpha value is -2.18. The lowest BCUT2D eigenvalue weighted by molar-refractivity contribution is 0.371. The molecular weight excluding hydrogens is 205 g/mol. The van der Waals surface area contributed by atoms with Gasteiger partial charge in [-0.3, -0.25) is 14.8 Å². The summed E-state index contributed by atoms with van der Waals surface area (Å²) in [4.78, 5) is 30.0. The van der Waals surface area contributed by atoms with Crippen LogP contribution in [0.3, 0.4) is 0 Å². The maximum Gasteiger partial charge on any atom is 0.327 e. The maximum absolute atomic E-state index is 13.2. The van der Waals surface area contributed by atoms with Gasteiger partial charge in [0.25, 0.3) is 11.4 Å². The smallest absolute Gasteiger partial charge is 0.327 e. The van der Waals surface area contributed by atoms with Crippen LogP contribution in [0.25, 0.3) is 11.0 Å². The molecule has 78 valence electrons. The lowest BCUT2D eigenvalue weighted by Crippen LogP contribution is -2.22. The molecule has 0 unspecified atom stereocenters. The highest BCUT2D eigenvalue weighted by molar-refractivity contribution is 5.73. The summed E-state index contributed by atoms with van der Waals surface area (Å²) in [6.45, 7) is 0. The van der Waals surface area contributed by atoms with E-state index in [1.807, 2.05) is 4.98 Å². The number of hydrogen-bond acceptors (Lipinski definition) is 4. The third-order valence-electron chi connectivity index (χ3n) is 1.84. The number of nitrogens with zero attached hydrogens (tertiary/aromatic N) is 1. The molecule has 0 saturated heterocycles. The molecule has 0 saturated carbocycles. The zero-order valence-electron chi connectivity index (χ0n) is 7.63. The van der Waals surface area contributed by atoms with E-state index in [2.05, 4.69) is 14.7 Å². The van der Waals surface area contributed by atoms with E-state index in [1.165, 1.54) is 7.11 Å². The molecule has 2 N–H and O–H groups in total. The van der Waals surface area contributed by atoms with Crippen molar-refractivity contribution in [3.8, 4) is 5.88 Å². The molecule has 0 aliphatic rings. The Labute approximate surface area is 81.7 Å². The zero-order valence-corrected chi connectivity index (χ0v) is 7.63. The first-order valence-corrected chi connectivity index (χ1v) is 3.98. The second kappa shape index (κ2) is 3.19. The SMILES string of the molecule is COc1nc2[nH]c(=O)[nH]c(=O)c2cc1F. The van der Waals surface area contributed by atoms with Crippen LogP contribution in [-0.4, -0.2) is 22.1 Å². The normalized spacial score (nSPS) is 10.5. The molecular formula is C8H6FN3O3. The van der Waals surface area contributed by atoms with E-state index >= 15 is 0 Å². The van der Waals surface area contributed by atoms with Gasteiger partial charge in [-0.2, -0.15) is 4.98 Å². The van der Waals surface area contributed by atoms with Crippen LogP contribution in [-0.2, 0) is 0 Å². The third-order valence-corrected chi connectivity index (χ3v) is 1.84. The number of pyridine rings is 1. The summed E-state index contributed by atoms with van der Waals surface area (Å²) in [7, 11) is 1.24. The first-order chi connectivity index (χ1) is 7.11. The largest absolute Gasteiger partial charge is 0.479 e. The molecule has 0 aliphatic heterocycles. The molecule has 0 aromatic carbocycles. The van der Waals surface area contributed by atoms with E-state index < -0.39 is 17.1 Å². The lowest BCUT2D eigenvalue weighted by Gasteiger charge is -2.01. The van der Waals surface area contributed by atoms with Crippen molar-refractivity contribution in [1.29, 1.82) is 0 Å². The van der Waals surface area contributed by atoms with Gasteiger partial charge in [-0.25, -0.2) is 9.18 Å². The molecule has 0 bridgehead atoms. The summed E-state index contributed by atoms with van der Waals surface area (Å²) in [5, 5.41) is -0.0344. The van der Waals surface area contributed by atoms with Crippen LogP contribution in [0.15, 0.2) is 15.7 Å². The molecule has 0 spiro atoms. The average molecular weight is 211 g/mol. The topological polar surface area (TPSA) is 87.8 Å². The van der Waals surface area contributed by atoms with E-state index in [9.17, 15) is 14.0 Å². The van der Waals surface area contributed by atoms with Gasteiger partial charge in [-0.05, 0) is 6.07 Å². The maximum atomic E-state index is 13.2. The third kappa shape index (κ3) is 1.47. The number of H-pyrrole nitrogens is 2. The molecule has 2 aromatic rings. The minimum Gasteiger partial charge on any atom is -0.479 e. The lowest BCUT2D eigenvalue weighted by atomic mass is 10.3. The van der Waals surface area contributed by atoms with Crippen LogP contribution >= 0.6 is 0 Å². The molecule has 6 nitrogen and oxygen atoms in total. The van der Waals surface area contributed by atoms with Crippen molar-refractivity contribution < 1.29 is 9.13 Å². The first kappa shape index (κ1) is 9.38. The molecule has 0 atom stereocenters. The number of hydrogen-bond donors (Lipinski definition) is 2. The van der Waals surface area contributed by atoms with Crippen LogP contribution in [0.4, 0.5) is 4.39 Å². The van der Waals surface area contributed by atoms with E-state index in [1.54, 1.807) is 0 Å². The summed E-state index contributed by atoms with van der Waals surface area (Å²) in [6.07, 6.45) is 0. The fourth-order valence-electron chi connectivity index (χ4n) is 1.19. The van der Waals surface area contributed by atoms with Crippen molar-refractivity contribution in [1.82, 2.24) is 15.0 Å². The monoisotopic (exact) mass is 211 g/mol. The highest BCUT2D eigenvalue weighted by Gasteiger charge is 2.09. The number of aromatic nitrogens is 3. The van der Waals surface area contributed by atoms with Crippen LogP contribution in [0.1, 0.15) is 0 Å². The highest BCUT2D eigenvalue weighted by Crippen LogP contribution is 2.15. The second-order valence-electron chi connectivity index (χ2n) is 2.78. The Morgan fingerprint density at radius 1 is 1.40 bits per heavy atom. The molecule has 0 amide bonds. The summed E-state index contributed by atoms with van der Waals surface area (Å²) in [5.41, 5.74) is -1.40. The summed E-state index contributed by atoms with van der Waals surface area (Å²) < 4.78 is 17.8. The van der Waals surface area contributed by atoms with E-state index in [4.69, 9.17) is 0 Å². The Morgan fingerprint density at radius 3 is 2.80 bits per heavy atom. The summed E-state index contributed by atoms with van der Waals surface area (Å²) in [6, 6.07) is 0.954.